The second kappa shape index (κ2) is 6.33. The summed E-state index contributed by atoms with van der Waals surface area (Å²) in [6.07, 6.45) is 2.85. The van der Waals surface area contributed by atoms with Gasteiger partial charge in [0.2, 0.25) is 0 Å². The number of nitrogens with two attached hydrogens (primary N) is 1. The molecule has 1 aromatic carbocycles. The van der Waals surface area contributed by atoms with Gasteiger partial charge in [-0.3, -0.25) is 0 Å². The maximum Gasteiger partial charge on any atom is 0.175 e. The van der Waals surface area contributed by atoms with Crippen molar-refractivity contribution in [3.8, 4) is 11.1 Å². The van der Waals surface area contributed by atoms with Crippen LogP contribution in [0.1, 0.15) is 17.1 Å². The Bertz CT molecular complexity index is 722. The third-order valence-electron chi connectivity index (χ3n) is 3.31. The van der Waals surface area contributed by atoms with E-state index in [4.69, 9.17) is 21.9 Å². The van der Waals surface area contributed by atoms with Crippen molar-refractivity contribution in [1.82, 2.24) is 5.16 Å². The predicted molar refractivity (Wildman–Crippen MR) is 87.7 cm³/mol. The molecule has 0 aliphatic heterocycles. The molecule has 0 saturated carbocycles. The maximum absolute atomic E-state index is 6.05. The highest BCUT2D eigenvalue weighted by Crippen LogP contribution is 2.32. The van der Waals surface area contributed by atoms with Crippen LogP contribution in [0.25, 0.3) is 11.1 Å². The van der Waals surface area contributed by atoms with Crippen LogP contribution in [0.4, 0.5) is 5.82 Å². The predicted octanol–water partition coefficient (Wildman–Crippen LogP) is 4.81. The molecule has 2 aromatic heterocycles. The molecule has 5 heteroatoms. The number of hydrogen-bond donors (Lipinski definition) is 1. The molecule has 3 rings (SSSR count). The molecule has 0 saturated heterocycles. The molecule has 2 heterocycles. The van der Waals surface area contributed by atoms with Crippen molar-refractivity contribution < 1.29 is 4.52 Å². The van der Waals surface area contributed by atoms with Gasteiger partial charge in [-0.15, -0.1) is 11.3 Å². The highest BCUT2D eigenvalue weighted by atomic mass is 35.5. The molecule has 0 fully saturated rings. The molecule has 0 radical (unpaired) electrons. The molecule has 0 spiro atoms. The smallest absolute Gasteiger partial charge is 0.175 e. The van der Waals surface area contributed by atoms with Crippen molar-refractivity contribution >= 4 is 28.8 Å². The van der Waals surface area contributed by atoms with E-state index in [1.54, 1.807) is 11.3 Å². The minimum atomic E-state index is 0.420. The second-order valence-corrected chi connectivity index (χ2v) is 6.28. The van der Waals surface area contributed by atoms with Gasteiger partial charge in [0.05, 0.1) is 5.56 Å². The quantitative estimate of drug-likeness (QED) is 0.734. The minimum Gasteiger partial charge on any atom is -0.380 e. The van der Waals surface area contributed by atoms with Crippen LogP contribution in [0.5, 0.6) is 0 Å². The molecule has 3 aromatic rings. The normalized spacial score (nSPS) is 10.9. The number of rotatable bonds is 5. The Morgan fingerprint density at radius 1 is 1.19 bits per heavy atom. The van der Waals surface area contributed by atoms with Crippen molar-refractivity contribution in [3.05, 3.63) is 57.4 Å². The largest absolute Gasteiger partial charge is 0.380 e. The van der Waals surface area contributed by atoms with Gasteiger partial charge in [-0.05, 0) is 42.0 Å². The number of anilines is 1. The van der Waals surface area contributed by atoms with Crippen LogP contribution in [0, 0.1) is 0 Å². The molecule has 21 heavy (non-hydrogen) atoms. The van der Waals surface area contributed by atoms with Crippen LogP contribution in [0.15, 0.2) is 46.3 Å². The first-order chi connectivity index (χ1) is 10.2. The van der Waals surface area contributed by atoms with E-state index in [0.29, 0.717) is 10.8 Å². The molecular weight excluding hydrogens is 304 g/mol. The number of aromatic nitrogens is 1. The number of thiophene rings is 1. The number of benzene rings is 1. The first-order valence-electron chi connectivity index (χ1n) is 6.76. The van der Waals surface area contributed by atoms with Crippen LogP contribution in [0.2, 0.25) is 5.02 Å². The monoisotopic (exact) mass is 318 g/mol. The number of aryl methyl sites for hydroxylation is 2. The fraction of sp³-hybridized carbons (Fsp3) is 0.188. The van der Waals surface area contributed by atoms with Gasteiger partial charge in [-0.1, -0.05) is 35.0 Å². The van der Waals surface area contributed by atoms with Gasteiger partial charge in [-0.25, -0.2) is 0 Å². The summed E-state index contributed by atoms with van der Waals surface area (Å²) in [6.45, 7) is 0. The molecule has 0 unspecified atom stereocenters. The van der Waals surface area contributed by atoms with Crippen LogP contribution in [-0.2, 0) is 12.8 Å². The first kappa shape index (κ1) is 14.2. The third-order valence-corrected chi connectivity index (χ3v) is 4.48. The molecule has 2 N–H and O–H groups in total. The van der Waals surface area contributed by atoms with Crippen molar-refractivity contribution in [2.45, 2.75) is 19.3 Å². The van der Waals surface area contributed by atoms with E-state index >= 15 is 0 Å². The lowest BCUT2D eigenvalue weighted by Gasteiger charge is -2.03. The van der Waals surface area contributed by atoms with E-state index < -0.39 is 0 Å². The fourth-order valence-corrected chi connectivity index (χ4v) is 3.28. The van der Waals surface area contributed by atoms with Gasteiger partial charge in [-0.2, -0.15) is 0 Å². The SMILES string of the molecule is Nc1noc(CCCc2cccs2)c1-c1cccc(Cl)c1. The van der Waals surface area contributed by atoms with Crippen molar-refractivity contribution in [1.29, 1.82) is 0 Å². The summed E-state index contributed by atoms with van der Waals surface area (Å²) in [5, 5.41) is 6.68. The van der Waals surface area contributed by atoms with Crippen LogP contribution in [-0.4, -0.2) is 5.16 Å². The van der Waals surface area contributed by atoms with Crippen molar-refractivity contribution in [3.63, 3.8) is 0 Å². The number of halogens is 1. The van der Waals surface area contributed by atoms with E-state index in [0.717, 1.165) is 36.1 Å². The Morgan fingerprint density at radius 2 is 2.10 bits per heavy atom. The molecular formula is C16H15ClN2OS. The van der Waals surface area contributed by atoms with Gasteiger partial charge < -0.3 is 10.3 Å². The average Bonchev–Trinajstić information content (AvgIpc) is 3.09. The van der Waals surface area contributed by atoms with E-state index in [9.17, 15) is 0 Å². The zero-order chi connectivity index (χ0) is 14.7. The summed E-state index contributed by atoms with van der Waals surface area (Å²) < 4.78 is 5.39. The lowest BCUT2D eigenvalue weighted by molar-refractivity contribution is 0.384. The highest BCUT2D eigenvalue weighted by molar-refractivity contribution is 7.09. The standard InChI is InChI=1S/C16H15ClN2OS/c17-12-5-1-4-11(10-12)15-14(20-19-16(15)18)8-2-6-13-7-3-9-21-13/h1,3-5,7,9-10H,2,6,8H2,(H2,18,19). The summed E-state index contributed by atoms with van der Waals surface area (Å²) in [7, 11) is 0. The van der Waals surface area contributed by atoms with Gasteiger partial charge in [0, 0.05) is 16.3 Å². The van der Waals surface area contributed by atoms with Crippen molar-refractivity contribution in [2.24, 2.45) is 0 Å². The second-order valence-electron chi connectivity index (χ2n) is 4.81. The zero-order valence-corrected chi connectivity index (χ0v) is 13.0. The minimum absolute atomic E-state index is 0.420. The summed E-state index contributed by atoms with van der Waals surface area (Å²) in [6, 6.07) is 11.8. The Hall–Kier alpha value is -1.78. The summed E-state index contributed by atoms with van der Waals surface area (Å²) in [5.74, 6) is 1.25. The Balaban J connectivity index is 1.77. The lowest BCUT2D eigenvalue weighted by Crippen LogP contribution is -1.92. The number of nitrogen functional groups attached to an aromatic ring is 1. The van der Waals surface area contributed by atoms with Gasteiger partial charge in [0.15, 0.2) is 5.82 Å². The summed E-state index contributed by atoms with van der Waals surface area (Å²) >= 11 is 7.83. The Morgan fingerprint density at radius 3 is 2.86 bits per heavy atom. The summed E-state index contributed by atoms with van der Waals surface area (Å²) in [5.41, 5.74) is 7.76. The van der Waals surface area contributed by atoms with E-state index in [1.807, 2.05) is 24.3 Å². The van der Waals surface area contributed by atoms with Gasteiger partial charge in [0.1, 0.15) is 5.76 Å². The van der Waals surface area contributed by atoms with E-state index in [1.165, 1.54) is 4.88 Å². The molecule has 108 valence electrons. The van der Waals surface area contributed by atoms with Gasteiger partial charge in [0.25, 0.3) is 0 Å². The van der Waals surface area contributed by atoms with Crippen LogP contribution in [0.3, 0.4) is 0 Å². The number of hydrogen-bond acceptors (Lipinski definition) is 4. The Kier molecular flexibility index (Phi) is 4.27. The zero-order valence-electron chi connectivity index (χ0n) is 11.4. The van der Waals surface area contributed by atoms with Crippen molar-refractivity contribution in [2.75, 3.05) is 5.73 Å². The van der Waals surface area contributed by atoms with Gasteiger partial charge >= 0.3 is 0 Å². The third kappa shape index (κ3) is 3.28. The first-order valence-corrected chi connectivity index (χ1v) is 8.02. The average molecular weight is 319 g/mol. The van der Waals surface area contributed by atoms with E-state index in [-0.39, 0.29) is 0 Å². The van der Waals surface area contributed by atoms with Crippen LogP contribution < -0.4 is 5.73 Å². The van der Waals surface area contributed by atoms with E-state index in [2.05, 4.69) is 22.7 Å². The fourth-order valence-electron chi connectivity index (χ4n) is 2.34. The molecule has 0 aliphatic carbocycles. The molecule has 0 aliphatic rings. The molecule has 0 amide bonds. The lowest BCUT2D eigenvalue weighted by atomic mass is 10.0. The summed E-state index contributed by atoms with van der Waals surface area (Å²) in [4.78, 5) is 1.38. The molecule has 0 atom stereocenters. The highest BCUT2D eigenvalue weighted by Gasteiger charge is 2.15. The molecule has 3 nitrogen and oxygen atoms in total. The molecule has 0 bridgehead atoms. The topological polar surface area (TPSA) is 52.0 Å². The number of nitrogens with zero attached hydrogens (tertiary/aromatic N) is 1. The van der Waals surface area contributed by atoms with Crippen LogP contribution >= 0.6 is 22.9 Å². The Labute approximate surface area is 132 Å². The maximum atomic E-state index is 6.05.